The normalized spacial score (nSPS) is 25.8. The SMILES string of the molecule is O=C(O)Cc1cccc2c1OC1CC(O)C(NS(=O)(=O)Cc3ccccc3)C21. The largest absolute Gasteiger partial charge is 0.489 e. The van der Waals surface area contributed by atoms with E-state index in [0.717, 1.165) is 5.56 Å². The van der Waals surface area contributed by atoms with Crippen molar-refractivity contribution < 1.29 is 28.2 Å². The fraction of sp³-hybridized carbons (Fsp3) is 0.350. The number of aliphatic hydroxyl groups is 1. The van der Waals surface area contributed by atoms with Crippen LogP contribution in [0.15, 0.2) is 48.5 Å². The first-order chi connectivity index (χ1) is 13.3. The molecular formula is C20H21NO6S. The quantitative estimate of drug-likeness (QED) is 0.672. The van der Waals surface area contributed by atoms with Crippen LogP contribution in [0.1, 0.15) is 29.0 Å². The first kappa shape index (κ1) is 18.9. The Bertz CT molecular complexity index is 991. The van der Waals surface area contributed by atoms with E-state index in [1.54, 1.807) is 36.4 Å². The van der Waals surface area contributed by atoms with Gasteiger partial charge in [0.1, 0.15) is 11.9 Å². The topological polar surface area (TPSA) is 113 Å². The van der Waals surface area contributed by atoms with Gasteiger partial charge in [-0.2, -0.15) is 0 Å². The summed E-state index contributed by atoms with van der Waals surface area (Å²) in [6.45, 7) is 0. The number of carboxylic acid groups (broad SMARTS) is 1. The summed E-state index contributed by atoms with van der Waals surface area (Å²) >= 11 is 0. The maximum absolute atomic E-state index is 12.7. The highest BCUT2D eigenvalue weighted by atomic mass is 32.2. The van der Waals surface area contributed by atoms with Gasteiger partial charge in [0.2, 0.25) is 10.0 Å². The first-order valence-electron chi connectivity index (χ1n) is 9.06. The van der Waals surface area contributed by atoms with E-state index in [1.807, 2.05) is 12.1 Å². The molecule has 0 saturated heterocycles. The Morgan fingerprint density at radius 1 is 1.14 bits per heavy atom. The first-order valence-corrected chi connectivity index (χ1v) is 10.7. The number of benzene rings is 2. The molecule has 4 rings (SSSR count). The molecule has 2 aromatic rings. The second-order valence-electron chi connectivity index (χ2n) is 7.28. The van der Waals surface area contributed by atoms with E-state index in [2.05, 4.69) is 4.72 Å². The number of nitrogens with one attached hydrogen (secondary N) is 1. The van der Waals surface area contributed by atoms with Crippen LogP contribution in [0.5, 0.6) is 5.75 Å². The lowest BCUT2D eigenvalue weighted by molar-refractivity contribution is -0.136. The van der Waals surface area contributed by atoms with Crippen LogP contribution in [-0.4, -0.2) is 42.8 Å². The average Bonchev–Trinajstić information content (AvgIpc) is 3.12. The minimum absolute atomic E-state index is 0.171. The van der Waals surface area contributed by atoms with Gasteiger partial charge in [0.15, 0.2) is 0 Å². The van der Waals surface area contributed by atoms with Gasteiger partial charge >= 0.3 is 5.97 Å². The molecule has 4 unspecified atom stereocenters. The average molecular weight is 403 g/mol. The lowest BCUT2D eigenvalue weighted by atomic mass is 9.92. The molecule has 1 saturated carbocycles. The molecule has 1 aliphatic heterocycles. The summed E-state index contributed by atoms with van der Waals surface area (Å²) < 4.78 is 33.9. The predicted octanol–water partition coefficient (Wildman–Crippen LogP) is 1.41. The van der Waals surface area contributed by atoms with Crippen LogP contribution in [-0.2, 0) is 27.0 Å². The molecule has 148 valence electrons. The standard InChI is InChI=1S/C20H21NO6S/c22-15-10-16-18(14-8-4-7-13(9-17(23)24)20(14)27-16)19(15)21-28(25,26)11-12-5-2-1-3-6-12/h1-8,15-16,18-19,21-22H,9-11H2,(H,23,24). The summed E-state index contributed by atoms with van der Waals surface area (Å²) in [5.41, 5.74) is 1.96. The molecule has 1 aliphatic carbocycles. The maximum Gasteiger partial charge on any atom is 0.307 e. The summed E-state index contributed by atoms with van der Waals surface area (Å²) in [6.07, 6.45) is -1.15. The molecule has 0 radical (unpaired) electrons. The number of para-hydroxylation sites is 1. The van der Waals surface area contributed by atoms with Gasteiger partial charge in [-0.25, -0.2) is 13.1 Å². The number of aliphatic carboxylic acids is 1. The molecule has 0 spiro atoms. The molecule has 0 bridgehead atoms. The molecule has 4 atom stereocenters. The van der Waals surface area contributed by atoms with E-state index in [9.17, 15) is 18.3 Å². The minimum atomic E-state index is -3.68. The van der Waals surface area contributed by atoms with Gasteiger partial charge in [-0.1, -0.05) is 48.5 Å². The molecule has 1 fully saturated rings. The highest BCUT2D eigenvalue weighted by Crippen LogP contribution is 2.48. The molecule has 7 nitrogen and oxygen atoms in total. The predicted molar refractivity (Wildman–Crippen MR) is 102 cm³/mol. The Balaban J connectivity index is 1.59. The zero-order valence-electron chi connectivity index (χ0n) is 15.0. The highest BCUT2D eigenvalue weighted by Gasteiger charge is 2.51. The van der Waals surface area contributed by atoms with E-state index in [0.29, 0.717) is 16.9 Å². The zero-order valence-corrected chi connectivity index (χ0v) is 15.8. The number of carboxylic acids is 1. The third kappa shape index (κ3) is 3.63. The lowest BCUT2D eigenvalue weighted by Gasteiger charge is -2.22. The molecule has 28 heavy (non-hydrogen) atoms. The van der Waals surface area contributed by atoms with Crippen LogP contribution >= 0.6 is 0 Å². The number of sulfonamides is 1. The Hall–Kier alpha value is -2.42. The number of hydrogen-bond acceptors (Lipinski definition) is 5. The van der Waals surface area contributed by atoms with Crippen molar-refractivity contribution in [1.29, 1.82) is 0 Å². The second kappa shape index (κ2) is 7.20. The van der Waals surface area contributed by atoms with Gasteiger partial charge in [0.05, 0.1) is 24.3 Å². The fourth-order valence-corrected chi connectivity index (χ4v) is 5.61. The van der Waals surface area contributed by atoms with Crippen LogP contribution < -0.4 is 9.46 Å². The van der Waals surface area contributed by atoms with Gasteiger partial charge in [0, 0.05) is 23.5 Å². The van der Waals surface area contributed by atoms with Gasteiger partial charge in [0.25, 0.3) is 0 Å². The van der Waals surface area contributed by atoms with Crippen molar-refractivity contribution in [2.24, 2.45) is 0 Å². The smallest absolute Gasteiger partial charge is 0.307 e. The van der Waals surface area contributed by atoms with E-state index >= 15 is 0 Å². The van der Waals surface area contributed by atoms with Crippen molar-refractivity contribution in [3.05, 3.63) is 65.2 Å². The summed E-state index contributed by atoms with van der Waals surface area (Å²) in [7, 11) is -3.68. The monoisotopic (exact) mass is 403 g/mol. The third-order valence-corrected chi connectivity index (χ3v) is 6.63. The van der Waals surface area contributed by atoms with Crippen LogP contribution in [0.4, 0.5) is 0 Å². The molecule has 8 heteroatoms. The summed E-state index contributed by atoms with van der Waals surface area (Å²) in [5.74, 6) is -1.00. The van der Waals surface area contributed by atoms with Gasteiger partial charge < -0.3 is 14.9 Å². The molecule has 3 N–H and O–H groups in total. The maximum atomic E-state index is 12.7. The van der Waals surface area contributed by atoms with Crippen LogP contribution in [0, 0.1) is 0 Å². The molecule has 0 amide bonds. The Kier molecular flexibility index (Phi) is 4.86. The second-order valence-corrected chi connectivity index (χ2v) is 9.03. The number of hydrogen-bond donors (Lipinski definition) is 3. The molecular weight excluding hydrogens is 382 g/mol. The zero-order chi connectivity index (χ0) is 19.9. The van der Waals surface area contributed by atoms with Crippen molar-refractivity contribution >= 4 is 16.0 Å². The Morgan fingerprint density at radius 2 is 1.89 bits per heavy atom. The summed E-state index contributed by atoms with van der Waals surface area (Å²) in [4.78, 5) is 11.1. The van der Waals surface area contributed by atoms with E-state index in [-0.39, 0.29) is 30.6 Å². The van der Waals surface area contributed by atoms with Gasteiger partial charge in [-0.05, 0) is 5.56 Å². The number of carbonyl (C=O) groups is 1. The number of rotatable bonds is 6. The molecule has 1 heterocycles. The molecule has 2 aromatic carbocycles. The van der Waals surface area contributed by atoms with E-state index in [1.165, 1.54) is 0 Å². The molecule has 0 aromatic heterocycles. The van der Waals surface area contributed by atoms with Crippen molar-refractivity contribution in [2.75, 3.05) is 0 Å². The fourth-order valence-electron chi connectivity index (χ4n) is 4.18. The Morgan fingerprint density at radius 3 is 2.61 bits per heavy atom. The van der Waals surface area contributed by atoms with Crippen LogP contribution in [0.25, 0.3) is 0 Å². The van der Waals surface area contributed by atoms with E-state index < -0.39 is 28.1 Å². The lowest BCUT2D eigenvalue weighted by Crippen LogP contribution is -2.43. The summed E-state index contributed by atoms with van der Waals surface area (Å²) in [5, 5.41) is 19.6. The van der Waals surface area contributed by atoms with Crippen LogP contribution in [0.3, 0.4) is 0 Å². The van der Waals surface area contributed by atoms with Crippen LogP contribution in [0.2, 0.25) is 0 Å². The van der Waals surface area contributed by atoms with Gasteiger partial charge in [-0.3, -0.25) is 4.79 Å². The number of ether oxygens (including phenoxy) is 1. The summed E-state index contributed by atoms with van der Waals surface area (Å²) in [6, 6.07) is 13.4. The third-order valence-electron chi connectivity index (χ3n) is 5.29. The van der Waals surface area contributed by atoms with E-state index in [4.69, 9.17) is 9.84 Å². The molecule has 2 aliphatic rings. The highest BCUT2D eigenvalue weighted by molar-refractivity contribution is 7.88. The minimum Gasteiger partial charge on any atom is -0.489 e. The van der Waals surface area contributed by atoms with Crippen molar-refractivity contribution in [1.82, 2.24) is 4.72 Å². The Labute approximate surface area is 163 Å². The van der Waals surface area contributed by atoms with Crippen molar-refractivity contribution in [3.8, 4) is 5.75 Å². The number of aliphatic hydroxyl groups excluding tert-OH is 1. The van der Waals surface area contributed by atoms with Crippen molar-refractivity contribution in [2.45, 2.75) is 42.8 Å². The number of fused-ring (bicyclic) bond motifs is 3. The van der Waals surface area contributed by atoms with Gasteiger partial charge in [-0.15, -0.1) is 0 Å². The van der Waals surface area contributed by atoms with Crippen molar-refractivity contribution in [3.63, 3.8) is 0 Å².